The predicted octanol–water partition coefficient (Wildman–Crippen LogP) is 4.01. The standard InChI is InChI=1S/C21H22N6OS/c1-12-11-15(16-13(2)26-27(5)17(16)22-12)18(28)23-20-25-24-19(29-20)21(3,4)14-9-7-6-8-10-14/h6-11H,1-5H3,(H,23,25,28). The molecule has 1 amide bonds. The summed E-state index contributed by atoms with van der Waals surface area (Å²) in [4.78, 5) is 17.5. The van der Waals surface area contributed by atoms with Crippen molar-refractivity contribution < 1.29 is 4.79 Å². The number of aryl methyl sites for hydroxylation is 3. The zero-order valence-corrected chi connectivity index (χ0v) is 17.8. The lowest BCUT2D eigenvalue weighted by atomic mass is 9.85. The first-order chi connectivity index (χ1) is 13.8. The van der Waals surface area contributed by atoms with E-state index in [-0.39, 0.29) is 11.3 Å². The van der Waals surface area contributed by atoms with Crippen molar-refractivity contribution in [2.45, 2.75) is 33.1 Å². The molecule has 29 heavy (non-hydrogen) atoms. The highest BCUT2D eigenvalue weighted by atomic mass is 32.1. The van der Waals surface area contributed by atoms with Crippen molar-refractivity contribution in [3.63, 3.8) is 0 Å². The number of hydrogen-bond acceptors (Lipinski definition) is 6. The lowest BCUT2D eigenvalue weighted by Gasteiger charge is -2.21. The van der Waals surface area contributed by atoms with Crippen LogP contribution in [0.25, 0.3) is 11.0 Å². The van der Waals surface area contributed by atoms with Gasteiger partial charge in [0.15, 0.2) is 5.65 Å². The van der Waals surface area contributed by atoms with Crippen LogP contribution < -0.4 is 5.32 Å². The first-order valence-electron chi connectivity index (χ1n) is 9.29. The monoisotopic (exact) mass is 406 g/mol. The van der Waals surface area contributed by atoms with Crippen LogP contribution in [0.2, 0.25) is 0 Å². The number of benzene rings is 1. The van der Waals surface area contributed by atoms with E-state index in [0.717, 1.165) is 27.3 Å². The zero-order chi connectivity index (χ0) is 20.8. The number of aromatic nitrogens is 5. The van der Waals surface area contributed by atoms with Crippen LogP contribution >= 0.6 is 11.3 Å². The fourth-order valence-corrected chi connectivity index (χ4v) is 4.28. The van der Waals surface area contributed by atoms with Crippen LogP contribution in [0.5, 0.6) is 0 Å². The van der Waals surface area contributed by atoms with Crippen LogP contribution in [0.4, 0.5) is 5.13 Å². The number of rotatable bonds is 4. The molecule has 3 heterocycles. The van der Waals surface area contributed by atoms with Gasteiger partial charge in [0.05, 0.1) is 16.6 Å². The molecule has 4 aromatic rings. The molecule has 0 saturated heterocycles. The van der Waals surface area contributed by atoms with Crippen LogP contribution in [0.15, 0.2) is 36.4 Å². The average molecular weight is 407 g/mol. The second-order valence-corrected chi connectivity index (χ2v) is 8.55. The topological polar surface area (TPSA) is 85.6 Å². The van der Waals surface area contributed by atoms with Gasteiger partial charge in [-0.1, -0.05) is 41.7 Å². The maximum absolute atomic E-state index is 13.0. The Hall–Kier alpha value is -3.13. The summed E-state index contributed by atoms with van der Waals surface area (Å²) in [5.41, 5.74) is 3.60. The van der Waals surface area contributed by atoms with Crippen molar-refractivity contribution in [3.05, 3.63) is 63.9 Å². The normalized spacial score (nSPS) is 11.8. The third-order valence-corrected chi connectivity index (χ3v) is 6.18. The first kappa shape index (κ1) is 19.2. The second-order valence-electron chi connectivity index (χ2n) is 7.58. The molecule has 0 aliphatic heterocycles. The van der Waals surface area contributed by atoms with Gasteiger partial charge in [-0.3, -0.25) is 14.8 Å². The molecule has 3 aromatic heterocycles. The van der Waals surface area contributed by atoms with Crippen LogP contribution in [0.3, 0.4) is 0 Å². The predicted molar refractivity (Wildman–Crippen MR) is 114 cm³/mol. The minimum Gasteiger partial charge on any atom is -0.296 e. The van der Waals surface area contributed by atoms with Crippen LogP contribution in [0, 0.1) is 13.8 Å². The molecular weight excluding hydrogens is 384 g/mol. The summed E-state index contributed by atoms with van der Waals surface area (Å²) < 4.78 is 1.69. The molecule has 8 heteroatoms. The highest BCUT2D eigenvalue weighted by Crippen LogP contribution is 2.34. The average Bonchev–Trinajstić information content (AvgIpc) is 3.27. The molecule has 0 spiro atoms. The zero-order valence-electron chi connectivity index (χ0n) is 17.0. The van der Waals surface area contributed by atoms with E-state index < -0.39 is 0 Å². The number of fused-ring (bicyclic) bond motifs is 1. The fourth-order valence-electron chi connectivity index (χ4n) is 3.42. The SMILES string of the molecule is Cc1cc(C(=O)Nc2nnc(C(C)(C)c3ccccc3)s2)c2c(C)nn(C)c2n1. The van der Waals surface area contributed by atoms with E-state index in [0.29, 0.717) is 16.3 Å². The molecule has 0 atom stereocenters. The lowest BCUT2D eigenvalue weighted by molar-refractivity contribution is 0.102. The van der Waals surface area contributed by atoms with Crippen LogP contribution in [0.1, 0.15) is 46.2 Å². The van der Waals surface area contributed by atoms with Gasteiger partial charge in [0.25, 0.3) is 5.91 Å². The number of nitrogens with zero attached hydrogens (tertiary/aromatic N) is 5. The molecular formula is C21H22N6OS. The Labute approximate surface area is 172 Å². The molecule has 1 aromatic carbocycles. The smallest absolute Gasteiger partial charge is 0.258 e. The molecule has 0 aliphatic rings. The number of nitrogens with one attached hydrogen (secondary N) is 1. The van der Waals surface area contributed by atoms with E-state index in [9.17, 15) is 4.79 Å². The van der Waals surface area contributed by atoms with Crippen LogP contribution in [-0.2, 0) is 12.5 Å². The van der Waals surface area contributed by atoms with Gasteiger partial charge in [-0.2, -0.15) is 5.10 Å². The number of anilines is 1. The van der Waals surface area contributed by atoms with Crippen molar-refractivity contribution in [2.24, 2.45) is 7.05 Å². The third kappa shape index (κ3) is 3.40. The minimum atomic E-state index is -0.303. The summed E-state index contributed by atoms with van der Waals surface area (Å²) in [6.07, 6.45) is 0. The third-order valence-electron chi connectivity index (χ3n) is 5.02. The molecule has 4 rings (SSSR count). The largest absolute Gasteiger partial charge is 0.296 e. The van der Waals surface area contributed by atoms with Gasteiger partial charge in [0.2, 0.25) is 5.13 Å². The maximum atomic E-state index is 13.0. The van der Waals surface area contributed by atoms with E-state index in [2.05, 4.69) is 51.6 Å². The van der Waals surface area contributed by atoms with Gasteiger partial charge in [-0.05, 0) is 39.3 Å². The molecule has 148 valence electrons. The highest BCUT2D eigenvalue weighted by molar-refractivity contribution is 7.15. The van der Waals surface area contributed by atoms with Gasteiger partial charge in [0.1, 0.15) is 5.01 Å². The molecule has 1 N–H and O–H groups in total. The summed E-state index contributed by atoms with van der Waals surface area (Å²) in [6.45, 7) is 7.94. The van der Waals surface area contributed by atoms with Crippen molar-refractivity contribution in [1.82, 2.24) is 25.0 Å². The van der Waals surface area contributed by atoms with Gasteiger partial charge in [-0.15, -0.1) is 10.2 Å². The number of carbonyl (C=O) groups is 1. The quantitative estimate of drug-likeness (QED) is 0.553. The second kappa shape index (κ2) is 7.04. The molecule has 0 unspecified atom stereocenters. The molecule has 0 saturated carbocycles. The van der Waals surface area contributed by atoms with Gasteiger partial charge < -0.3 is 0 Å². The number of amides is 1. The summed E-state index contributed by atoms with van der Waals surface area (Å²) in [6, 6.07) is 11.9. The van der Waals surface area contributed by atoms with Crippen LogP contribution in [-0.4, -0.2) is 30.9 Å². The van der Waals surface area contributed by atoms with Gasteiger partial charge >= 0.3 is 0 Å². The molecule has 7 nitrogen and oxygen atoms in total. The number of hydrogen-bond donors (Lipinski definition) is 1. The Morgan fingerprint density at radius 1 is 1.14 bits per heavy atom. The van der Waals surface area contributed by atoms with E-state index in [1.807, 2.05) is 39.1 Å². The highest BCUT2D eigenvalue weighted by Gasteiger charge is 2.28. The number of pyridine rings is 1. The van der Waals surface area contributed by atoms with Gasteiger partial charge in [0, 0.05) is 18.2 Å². The summed E-state index contributed by atoms with van der Waals surface area (Å²) in [5.74, 6) is -0.239. The van der Waals surface area contributed by atoms with Crippen molar-refractivity contribution in [2.75, 3.05) is 5.32 Å². The summed E-state index contributed by atoms with van der Waals surface area (Å²) >= 11 is 1.39. The Morgan fingerprint density at radius 3 is 2.59 bits per heavy atom. The van der Waals surface area contributed by atoms with Gasteiger partial charge in [-0.25, -0.2) is 4.98 Å². The Balaban J connectivity index is 1.65. The first-order valence-corrected chi connectivity index (χ1v) is 10.1. The Bertz CT molecular complexity index is 1210. The lowest BCUT2D eigenvalue weighted by Crippen LogP contribution is -2.18. The molecule has 0 bridgehead atoms. The van der Waals surface area contributed by atoms with E-state index in [4.69, 9.17) is 0 Å². The Morgan fingerprint density at radius 2 is 1.86 bits per heavy atom. The van der Waals surface area contributed by atoms with E-state index in [1.54, 1.807) is 10.7 Å². The maximum Gasteiger partial charge on any atom is 0.258 e. The fraction of sp³-hybridized carbons (Fsp3) is 0.286. The summed E-state index contributed by atoms with van der Waals surface area (Å²) in [5, 5.41) is 17.9. The number of carbonyl (C=O) groups excluding carboxylic acids is 1. The Kier molecular flexibility index (Phi) is 4.66. The molecule has 0 fully saturated rings. The summed E-state index contributed by atoms with van der Waals surface area (Å²) in [7, 11) is 1.83. The van der Waals surface area contributed by atoms with Crippen molar-refractivity contribution in [3.8, 4) is 0 Å². The molecule has 0 aliphatic carbocycles. The minimum absolute atomic E-state index is 0.239. The molecule has 0 radical (unpaired) electrons. The van der Waals surface area contributed by atoms with E-state index >= 15 is 0 Å². The van der Waals surface area contributed by atoms with E-state index in [1.165, 1.54) is 11.3 Å². The van der Waals surface area contributed by atoms with Crippen molar-refractivity contribution >= 4 is 33.4 Å². The van der Waals surface area contributed by atoms with Crippen molar-refractivity contribution in [1.29, 1.82) is 0 Å².